The SMILES string of the molecule is CC=Cc1c(CC)c2ccccc2n1-c1ccc(N(c2ccc(-n3c4ccccc4c4ccccc43)cc2)c2ccc(-n3c4ccccc4c4ccccc43)cc2)cc1. The molecule has 0 atom stereocenters. The molecule has 0 aliphatic carbocycles. The number of hydrogen-bond donors (Lipinski definition) is 0. The molecule has 0 amide bonds. The number of hydrogen-bond acceptors (Lipinski definition) is 1. The van der Waals surface area contributed by atoms with Crippen LogP contribution in [0.1, 0.15) is 25.1 Å². The summed E-state index contributed by atoms with van der Waals surface area (Å²) in [6.07, 6.45) is 5.36. The molecule has 0 fully saturated rings. The van der Waals surface area contributed by atoms with Crippen LogP contribution in [0.3, 0.4) is 0 Å². The van der Waals surface area contributed by atoms with Crippen molar-refractivity contribution in [3.05, 3.63) is 211 Å². The van der Waals surface area contributed by atoms with Gasteiger partial charge in [0.15, 0.2) is 0 Å². The van der Waals surface area contributed by atoms with Gasteiger partial charge in [-0.05, 0) is 128 Å². The van der Waals surface area contributed by atoms with Gasteiger partial charge < -0.3 is 18.6 Å². The Balaban J connectivity index is 1.05. The first-order valence-electron chi connectivity index (χ1n) is 20.5. The lowest BCUT2D eigenvalue weighted by Gasteiger charge is -2.26. The molecule has 0 radical (unpaired) electrons. The third-order valence-electron chi connectivity index (χ3n) is 12.0. The number of aryl methyl sites for hydroxylation is 1. The Morgan fingerprint density at radius 3 is 1.02 bits per heavy atom. The number of aromatic nitrogens is 3. The van der Waals surface area contributed by atoms with E-state index in [-0.39, 0.29) is 0 Å². The van der Waals surface area contributed by atoms with E-state index in [1.54, 1.807) is 0 Å². The molecule has 0 aliphatic heterocycles. The van der Waals surface area contributed by atoms with Crippen molar-refractivity contribution in [2.75, 3.05) is 4.90 Å². The van der Waals surface area contributed by atoms with Crippen LogP contribution in [0.5, 0.6) is 0 Å². The van der Waals surface area contributed by atoms with Crippen LogP contribution in [0, 0.1) is 0 Å². The fourth-order valence-corrected chi connectivity index (χ4v) is 9.41. The van der Waals surface area contributed by atoms with Gasteiger partial charge in [0.1, 0.15) is 0 Å². The van der Waals surface area contributed by atoms with Crippen molar-refractivity contribution in [1.29, 1.82) is 0 Å². The van der Waals surface area contributed by atoms with Crippen molar-refractivity contribution in [3.8, 4) is 17.1 Å². The summed E-state index contributed by atoms with van der Waals surface area (Å²) in [6, 6.07) is 70.6. The Morgan fingerprint density at radius 2 is 0.678 bits per heavy atom. The zero-order chi connectivity index (χ0) is 39.5. The minimum atomic E-state index is 0.967. The van der Waals surface area contributed by atoms with Gasteiger partial charge in [0.25, 0.3) is 0 Å². The summed E-state index contributed by atoms with van der Waals surface area (Å²) in [7, 11) is 0. The largest absolute Gasteiger partial charge is 0.310 e. The molecule has 4 heteroatoms. The second-order valence-corrected chi connectivity index (χ2v) is 15.2. The molecule has 11 aromatic rings. The molecule has 59 heavy (non-hydrogen) atoms. The fraction of sp³-hybridized carbons (Fsp3) is 0.0545. The van der Waals surface area contributed by atoms with Crippen LogP contribution < -0.4 is 4.90 Å². The van der Waals surface area contributed by atoms with Gasteiger partial charge in [-0.15, -0.1) is 0 Å². The lowest BCUT2D eigenvalue weighted by atomic mass is 10.1. The maximum Gasteiger partial charge on any atom is 0.0541 e. The Morgan fingerprint density at radius 1 is 0.373 bits per heavy atom. The average molecular weight is 759 g/mol. The highest BCUT2D eigenvalue weighted by molar-refractivity contribution is 6.10. The van der Waals surface area contributed by atoms with Crippen molar-refractivity contribution in [1.82, 2.24) is 13.7 Å². The van der Waals surface area contributed by atoms with E-state index in [0.29, 0.717) is 0 Å². The predicted octanol–water partition coefficient (Wildman–Crippen LogP) is 14.9. The molecule has 11 rings (SSSR count). The van der Waals surface area contributed by atoms with E-state index in [1.165, 1.54) is 65.8 Å². The molecular formula is C55H42N4. The molecule has 0 saturated heterocycles. The van der Waals surface area contributed by atoms with E-state index >= 15 is 0 Å². The van der Waals surface area contributed by atoms with Crippen LogP contribution >= 0.6 is 0 Å². The van der Waals surface area contributed by atoms with Crippen LogP contribution in [-0.2, 0) is 6.42 Å². The average Bonchev–Trinajstić information content (AvgIpc) is 3.93. The molecule has 0 saturated carbocycles. The van der Waals surface area contributed by atoms with Gasteiger partial charge in [-0.3, -0.25) is 0 Å². The lowest BCUT2D eigenvalue weighted by Crippen LogP contribution is -2.10. The van der Waals surface area contributed by atoms with E-state index in [0.717, 1.165) is 40.5 Å². The summed E-state index contributed by atoms with van der Waals surface area (Å²) in [4.78, 5) is 2.37. The number of anilines is 3. The van der Waals surface area contributed by atoms with Crippen molar-refractivity contribution in [2.24, 2.45) is 0 Å². The monoisotopic (exact) mass is 758 g/mol. The Bertz CT molecular complexity index is 3090. The number of fused-ring (bicyclic) bond motifs is 7. The van der Waals surface area contributed by atoms with E-state index in [4.69, 9.17) is 0 Å². The van der Waals surface area contributed by atoms with Gasteiger partial charge in [0.05, 0.1) is 27.6 Å². The van der Waals surface area contributed by atoms with E-state index in [9.17, 15) is 0 Å². The molecule has 0 N–H and O–H groups in total. The summed E-state index contributed by atoms with van der Waals surface area (Å²) >= 11 is 0. The smallest absolute Gasteiger partial charge is 0.0541 e. The Labute approximate surface area is 343 Å². The number of para-hydroxylation sites is 5. The van der Waals surface area contributed by atoms with Crippen LogP contribution in [0.25, 0.3) is 77.7 Å². The van der Waals surface area contributed by atoms with E-state index in [2.05, 4.69) is 239 Å². The topological polar surface area (TPSA) is 18.0 Å². The van der Waals surface area contributed by atoms with Crippen LogP contribution in [-0.4, -0.2) is 13.7 Å². The maximum absolute atomic E-state index is 2.41. The number of benzene rings is 8. The zero-order valence-electron chi connectivity index (χ0n) is 33.1. The first kappa shape index (κ1) is 34.7. The molecule has 0 unspecified atom stereocenters. The molecular weight excluding hydrogens is 717 g/mol. The van der Waals surface area contributed by atoms with Gasteiger partial charge in [-0.2, -0.15) is 0 Å². The van der Waals surface area contributed by atoms with Gasteiger partial charge in [-0.1, -0.05) is 104 Å². The summed E-state index contributed by atoms with van der Waals surface area (Å²) in [6.45, 7) is 4.35. The summed E-state index contributed by atoms with van der Waals surface area (Å²) in [5, 5.41) is 6.35. The van der Waals surface area contributed by atoms with Gasteiger partial charge >= 0.3 is 0 Å². The normalized spacial score (nSPS) is 11.9. The minimum Gasteiger partial charge on any atom is -0.310 e. The van der Waals surface area contributed by atoms with Crippen LogP contribution in [0.4, 0.5) is 17.1 Å². The predicted molar refractivity (Wildman–Crippen MR) is 251 cm³/mol. The highest BCUT2D eigenvalue weighted by atomic mass is 15.1. The van der Waals surface area contributed by atoms with Crippen molar-refractivity contribution >= 4 is 77.7 Å². The Hall–Kier alpha value is -7.56. The van der Waals surface area contributed by atoms with Crippen molar-refractivity contribution < 1.29 is 0 Å². The highest BCUT2D eigenvalue weighted by Gasteiger charge is 2.19. The molecule has 4 nitrogen and oxygen atoms in total. The minimum absolute atomic E-state index is 0.967. The summed E-state index contributed by atoms with van der Waals surface area (Å²) in [5.74, 6) is 0. The second-order valence-electron chi connectivity index (χ2n) is 15.2. The first-order chi connectivity index (χ1) is 29.2. The Kier molecular flexibility index (Phi) is 8.30. The maximum atomic E-state index is 2.41. The number of allylic oxidation sites excluding steroid dienone is 1. The van der Waals surface area contributed by atoms with E-state index < -0.39 is 0 Å². The number of nitrogens with zero attached hydrogens (tertiary/aromatic N) is 4. The standard InChI is InChI=1S/C55H42N4/c1-3-15-50-44(4-2)45-16-5-10-21-51(45)57(50)41-32-26-38(27-33-41)56(39-28-34-42(35-29-39)58-52-22-11-6-17-46(52)47-18-7-12-23-53(47)58)40-30-36-43(37-31-40)59-54-24-13-8-19-48(54)49-20-9-14-25-55(49)59/h3,5-37H,4H2,1-2H3. The molecule has 3 aromatic heterocycles. The van der Waals surface area contributed by atoms with Crippen molar-refractivity contribution in [3.63, 3.8) is 0 Å². The molecule has 0 spiro atoms. The highest BCUT2D eigenvalue weighted by Crippen LogP contribution is 2.40. The quantitative estimate of drug-likeness (QED) is 0.151. The summed E-state index contributed by atoms with van der Waals surface area (Å²) < 4.78 is 7.16. The van der Waals surface area contributed by atoms with E-state index in [1.807, 2.05) is 0 Å². The number of rotatable bonds is 8. The van der Waals surface area contributed by atoms with Crippen LogP contribution in [0.2, 0.25) is 0 Å². The van der Waals surface area contributed by atoms with Gasteiger partial charge in [0, 0.05) is 66.7 Å². The fourth-order valence-electron chi connectivity index (χ4n) is 9.41. The third kappa shape index (κ3) is 5.52. The molecule has 0 aliphatic rings. The van der Waals surface area contributed by atoms with Gasteiger partial charge in [-0.25, -0.2) is 0 Å². The molecule has 282 valence electrons. The molecule has 8 aromatic carbocycles. The lowest BCUT2D eigenvalue weighted by molar-refractivity contribution is 1.06. The second kappa shape index (κ2) is 14.1. The van der Waals surface area contributed by atoms with Crippen molar-refractivity contribution in [2.45, 2.75) is 20.3 Å². The first-order valence-corrected chi connectivity index (χ1v) is 20.5. The molecule has 0 bridgehead atoms. The van der Waals surface area contributed by atoms with Crippen LogP contribution in [0.15, 0.2) is 200 Å². The summed E-state index contributed by atoms with van der Waals surface area (Å²) in [5.41, 5.74) is 15.3. The molecule has 3 heterocycles. The third-order valence-corrected chi connectivity index (χ3v) is 12.0. The van der Waals surface area contributed by atoms with Gasteiger partial charge in [0.2, 0.25) is 0 Å². The zero-order valence-corrected chi connectivity index (χ0v) is 33.1.